The molecule has 0 radical (unpaired) electrons. The average molecular weight is 296 g/mol. The fourth-order valence-electron chi connectivity index (χ4n) is 1.65. The molecular formula is C12H28O6Si. The molecule has 6 nitrogen and oxygen atoms in total. The van der Waals surface area contributed by atoms with Gasteiger partial charge >= 0.3 is 8.80 Å². The molecule has 0 aromatic heterocycles. The van der Waals surface area contributed by atoms with Crippen LogP contribution >= 0.6 is 0 Å². The Kier molecular flexibility index (Phi) is 10.7. The summed E-state index contributed by atoms with van der Waals surface area (Å²) < 4.78 is 22.6. The summed E-state index contributed by atoms with van der Waals surface area (Å²) in [6.45, 7) is 8.33. The quantitative estimate of drug-likeness (QED) is 0.415. The highest BCUT2D eigenvalue weighted by atomic mass is 28.4. The van der Waals surface area contributed by atoms with Crippen molar-refractivity contribution in [2.75, 3.05) is 26.4 Å². The molecule has 2 unspecified atom stereocenters. The van der Waals surface area contributed by atoms with Gasteiger partial charge in [-0.3, -0.25) is 0 Å². The molecule has 0 spiro atoms. The van der Waals surface area contributed by atoms with E-state index in [1.165, 1.54) is 0 Å². The van der Waals surface area contributed by atoms with Crippen LogP contribution in [-0.4, -0.2) is 57.8 Å². The molecule has 0 aromatic rings. The van der Waals surface area contributed by atoms with Crippen LogP contribution in [0.2, 0.25) is 6.04 Å². The van der Waals surface area contributed by atoms with Gasteiger partial charge < -0.3 is 28.2 Å². The first-order valence-electron chi connectivity index (χ1n) is 6.89. The van der Waals surface area contributed by atoms with Crippen LogP contribution in [0.5, 0.6) is 0 Å². The number of hydrogen-bond acceptors (Lipinski definition) is 6. The third kappa shape index (κ3) is 7.98. The first-order chi connectivity index (χ1) is 9.03. The van der Waals surface area contributed by atoms with Gasteiger partial charge in [0.15, 0.2) is 0 Å². The highest BCUT2D eigenvalue weighted by Gasteiger charge is 2.41. The lowest BCUT2D eigenvalue weighted by Crippen LogP contribution is -2.48. The molecule has 19 heavy (non-hydrogen) atoms. The van der Waals surface area contributed by atoms with Gasteiger partial charge in [-0.1, -0.05) is 13.3 Å². The Morgan fingerprint density at radius 3 is 2.11 bits per heavy atom. The molecule has 0 rings (SSSR count). The summed E-state index contributed by atoms with van der Waals surface area (Å²) in [6.07, 6.45) is -0.539. The lowest BCUT2D eigenvalue weighted by atomic mass is 10.4. The number of hydrogen-bond donors (Lipinski definition) is 2. The molecule has 0 aliphatic heterocycles. The summed E-state index contributed by atoms with van der Waals surface area (Å²) in [5, 5.41) is 18.0. The van der Waals surface area contributed by atoms with Crippen LogP contribution in [0.25, 0.3) is 0 Å². The first-order valence-corrected chi connectivity index (χ1v) is 8.82. The zero-order valence-electron chi connectivity index (χ0n) is 12.4. The normalized spacial score (nSPS) is 15.5. The second-order valence-corrected chi connectivity index (χ2v) is 6.83. The van der Waals surface area contributed by atoms with Gasteiger partial charge in [-0.25, -0.2) is 0 Å². The van der Waals surface area contributed by atoms with Crippen LogP contribution < -0.4 is 0 Å². The lowest BCUT2D eigenvalue weighted by molar-refractivity contribution is -0.130. The fraction of sp³-hybridized carbons (Fsp3) is 1.00. The largest absolute Gasteiger partial charge is 0.502 e. The second-order valence-electron chi connectivity index (χ2n) is 4.15. The molecular weight excluding hydrogens is 268 g/mol. The van der Waals surface area contributed by atoms with Gasteiger partial charge in [0.1, 0.15) is 12.4 Å². The molecule has 0 fully saturated rings. The topological polar surface area (TPSA) is 77.4 Å². The monoisotopic (exact) mass is 296 g/mol. The van der Waals surface area contributed by atoms with E-state index < -0.39 is 21.2 Å². The van der Waals surface area contributed by atoms with Crippen molar-refractivity contribution in [1.82, 2.24) is 0 Å². The lowest BCUT2D eigenvalue weighted by Gasteiger charge is -2.31. The first kappa shape index (κ1) is 19.0. The van der Waals surface area contributed by atoms with E-state index in [9.17, 15) is 5.11 Å². The Morgan fingerprint density at radius 1 is 1.11 bits per heavy atom. The van der Waals surface area contributed by atoms with Gasteiger partial charge in [0, 0.05) is 19.3 Å². The summed E-state index contributed by atoms with van der Waals surface area (Å²) in [6, 6.07) is 0.727. The van der Waals surface area contributed by atoms with Crippen LogP contribution in [0, 0.1) is 0 Å². The van der Waals surface area contributed by atoms with Crippen LogP contribution in [0.4, 0.5) is 0 Å². The van der Waals surface area contributed by atoms with Gasteiger partial charge in [-0.15, -0.1) is 0 Å². The van der Waals surface area contributed by atoms with Gasteiger partial charge in [-0.05, 0) is 20.8 Å². The van der Waals surface area contributed by atoms with Gasteiger partial charge in [0.05, 0.1) is 13.2 Å². The molecule has 0 aliphatic rings. The summed E-state index contributed by atoms with van der Waals surface area (Å²) in [7, 11) is -2.71. The fourth-order valence-corrected chi connectivity index (χ4v) is 4.34. The molecule has 0 bridgehead atoms. The SMILES string of the molecule is CCC[Si](OCC)(OCC)OC(C)OCC(O)CO. The van der Waals surface area contributed by atoms with Crippen molar-refractivity contribution in [1.29, 1.82) is 0 Å². The molecule has 7 heteroatoms. The van der Waals surface area contributed by atoms with E-state index in [0.29, 0.717) is 13.2 Å². The number of aliphatic hydroxyl groups is 2. The summed E-state index contributed by atoms with van der Waals surface area (Å²) in [4.78, 5) is 0. The highest BCUT2D eigenvalue weighted by molar-refractivity contribution is 6.60. The van der Waals surface area contributed by atoms with Crippen LogP contribution in [-0.2, 0) is 18.0 Å². The minimum Gasteiger partial charge on any atom is -0.394 e. The molecule has 2 atom stereocenters. The molecule has 0 saturated heterocycles. The molecule has 0 aromatic carbocycles. The Balaban J connectivity index is 4.42. The minimum atomic E-state index is -2.71. The maximum atomic E-state index is 9.23. The van der Waals surface area contributed by atoms with Gasteiger partial charge in [-0.2, -0.15) is 0 Å². The smallest absolute Gasteiger partial charge is 0.394 e. The summed E-state index contributed by atoms with van der Waals surface area (Å²) in [5.41, 5.74) is 0. The van der Waals surface area contributed by atoms with Crippen molar-refractivity contribution in [2.24, 2.45) is 0 Å². The van der Waals surface area contributed by atoms with E-state index in [4.69, 9.17) is 23.1 Å². The van der Waals surface area contributed by atoms with Crippen molar-refractivity contribution in [3.05, 3.63) is 0 Å². The molecule has 0 heterocycles. The summed E-state index contributed by atoms with van der Waals surface area (Å²) >= 11 is 0. The van der Waals surface area contributed by atoms with E-state index in [1.54, 1.807) is 6.92 Å². The van der Waals surface area contributed by atoms with E-state index >= 15 is 0 Å². The maximum absolute atomic E-state index is 9.23. The molecule has 2 N–H and O–H groups in total. The summed E-state index contributed by atoms with van der Waals surface area (Å²) in [5.74, 6) is 0. The van der Waals surface area contributed by atoms with Crippen LogP contribution in [0.3, 0.4) is 0 Å². The van der Waals surface area contributed by atoms with Gasteiger partial charge in [0.25, 0.3) is 0 Å². The van der Waals surface area contributed by atoms with E-state index in [-0.39, 0.29) is 13.2 Å². The Bertz CT molecular complexity index is 199. The van der Waals surface area contributed by atoms with Crippen molar-refractivity contribution < 1.29 is 28.2 Å². The molecule has 0 amide bonds. The molecule has 0 aliphatic carbocycles. The zero-order valence-corrected chi connectivity index (χ0v) is 13.4. The third-order valence-corrected chi connectivity index (χ3v) is 5.62. The predicted octanol–water partition coefficient (Wildman–Crippen LogP) is 1.14. The van der Waals surface area contributed by atoms with Crippen molar-refractivity contribution in [3.8, 4) is 0 Å². The third-order valence-electron chi connectivity index (χ3n) is 2.36. The number of ether oxygens (including phenoxy) is 1. The van der Waals surface area contributed by atoms with E-state index in [2.05, 4.69) is 0 Å². The zero-order chi connectivity index (χ0) is 14.7. The number of aliphatic hydroxyl groups excluding tert-OH is 2. The van der Waals surface area contributed by atoms with E-state index in [1.807, 2.05) is 20.8 Å². The maximum Gasteiger partial charge on any atom is 0.502 e. The predicted molar refractivity (Wildman–Crippen MR) is 73.7 cm³/mol. The van der Waals surface area contributed by atoms with Crippen LogP contribution in [0.15, 0.2) is 0 Å². The minimum absolute atomic E-state index is 0.0204. The number of rotatable bonds is 12. The Labute approximate surface area is 117 Å². The van der Waals surface area contributed by atoms with Crippen molar-refractivity contribution >= 4 is 8.80 Å². The van der Waals surface area contributed by atoms with Crippen molar-refractivity contribution in [2.45, 2.75) is 52.6 Å². The second kappa shape index (κ2) is 10.7. The molecule has 116 valence electrons. The average Bonchev–Trinajstić information content (AvgIpc) is 2.36. The Hall–Kier alpha value is -0.0231. The standard InChI is InChI=1S/C12H28O6Si/c1-5-8-19(16-6-2,17-7-3)18-11(4)15-10-12(14)9-13/h11-14H,5-10H2,1-4H3. The van der Waals surface area contributed by atoms with Gasteiger partial charge in [0.2, 0.25) is 0 Å². The van der Waals surface area contributed by atoms with E-state index in [0.717, 1.165) is 12.5 Å². The molecule has 0 saturated carbocycles. The van der Waals surface area contributed by atoms with Crippen LogP contribution in [0.1, 0.15) is 34.1 Å². The highest BCUT2D eigenvalue weighted by Crippen LogP contribution is 2.20. The van der Waals surface area contributed by atoms with Crippen molar-refractivity contribution in [3.63, 3.8) is 0 Å². The Morgan fingerprint density at radius 2 is 1.68 bits per heavy atom.